The Labute approximate surface area is 105 Å². The number of aromatic amines is 1. The largest absolute Gasteiger partial charge is 0.322 e. The van der Waals surface area contributed by atoms with Crippen LogP contribution in [0.15, 0.2) is 17.1 Å². The molecule has 0 saturated carbocycles. The number of piperidine rings is 1. The summed E-state index contributed by atoms with van der Waals surface area (Å²) in [6.45, 7) is 2.42. The van der Waals surface area contributed by atoms with Gasteiger partial charge in [-0.15, -0.1) is 0 Å². The number of fused-ring (bicyclic) bond motifs is 1. The van der Waals surface area contributed by atoms with E-state index in [1.807, 2.05) is 6.20 Å². The lowest BCUT2D eigenvalue weighted by Gasteiger charge is -2.35. The molecule has 4 nitrogen and oxygen atoms in total. The van der Waals surface area contributed by atoms with Crippen molar-refractivity contribution in [3.8, 4) is 0 Å². The Morgan fingerprint density at radius 2 is 2.18 bits per heavy atom. The van der Waals surface area contributed by atoms with Crippen molar-refractivity contribution < 1.29 is 0 Å². The van der Waals surface area contributed by atoms with E-state index in [2.05, 4.69) is 14.5 Å². The molecular formula is C12H17N3OS. The first kappa shape index (κ1) is 11.2. The molecule has 17 heavy (non-hydrogen) atoms. The van der Waals surface area contributed by atoms with E-state index < -0.39 is 0 Å². The number of rotatable bonds is 1. The Kier molecular flexibility index (Phi) is 2.88. The van der Waals surface area contributed by atoms with Crippen molar-refractivity contribution in [3.63, 3.8) is 0 Å². The number of nitrogens with zero attached hydrogens (tertiary/aromatic N) is 2. The molecular weight excluding hydrogens is 234 g/mol. The van der Waals surface area contributed by atoms with Crippen LogP contribution in [0.4, 0.5) is 0 Å². The minimum absolute atomic E-state index is 0.107. The van der Waals surface area contributed by atoms with Crippen molar-refractivity contribution in [3.05, 3.63) is 27.4 Å². The van der Waals surface area contributed by atoms with E-state index >= 15 is 0 Å². The fourth-order valence-electron chi connectivity index (χ4n) is 3.17. The van der Waals surface area contributed by atoms with Gasteiger partial charge in [0.2, 0.25) is 0 Å². The zero-order chi connectivity index (χ0) is 11.8. The number of H-pyrrole nitrogens is 1. The van der Waals surface area contributed by atoms with Gasteiger partial charge in [-0.2, -0.15) is 0 Å². The second-order valence-corrected chi connectivity index (χ2v) is 5.41. The third-order valence-electron chi connectivity index (χ3n) is 4.04. The molecule has 1 N–H and O–H groups in total. The van der Waals surface area contributed by atoms with Crippen LogP contribution in [0.5, 0.6) is 0 Å². The molecule has 1 aromatic heterocycles. The van der Waals surface area contributed by atoms with Crippen molar-refractivity contribution in [2.45, 2.75) is 37.8 Å². The Morgan fingerprint density at radius 1 is 1.29 bits per heavy atom. The van der Waals surface area contributed by atoms with Crippen LogP contribution in [0.2, 0.25) is 0 Å². The van der Waals surface area contributed by atoms with Crippen LogP contribution in [0.1, 0.15) is 31.7 Å². The SMILES string of the molecule is O=c1ccn(C2CCN3CCCC3C2)c(=S)[nH]1. The first-order valence-corrected chi connectivity index (χ1v) is 6.70. The first-order chi connectivity index (χ1) is 8.24. The van der Waals surface area contributed by atoms with E-state index in [-0.39, 0.29) is 5.56 Å². The second-order valence-electron chi connectivity index (χ2n) is 5.03. The predicted octanol–water partition coefficient (Wildman–Crippen LogP) is 1.71. The highest BCUT2D eigenvalue weighted by Crippen LogP contribution is 2.32. The highest BCUT2D eigenvalue weighted by Gasteiger charge is 2.32. The monoisotopic (exact) mass is 251 g/mol. The van der Waals surface area contributed by atoms with Crippen LogP contribution in [0.3, 0.4) is 0 Å². The zero-order valence-electron chi connectivity index (χ0n) is 9.76. The van der Waals surface area contributed by atoms with Crippen LogP contribution in [-0.2, 0) is 0 Å². The van der Waals surface area contributed by atoms with Gasteiger partial charge >= 0.3 is 0 Å². The molecule has 5 heteroatoms. The van der Waals surface area contributed by atoms with Gasteiger partial charge in [0.15, 0.2) is 4.77 Å². The Morgan fingerprint density at radius 3 is 3.00 bits per heavy atom. The minimum atomic E-state index is -0.107. The van der Waals surface area contributed by atoms with Crippen LogP contribution < -0.4 is 5.56 Å². The normalized spacial score (nSPS) is 29.2. The van der Waals surface area contributed by atoms with Crippen LogP contribution in [0.25, 0.3) is 0 Å². The zero-order valence-corrected chi connectivity index (χ0v) is 10.6. The van der Waals surface area contributed by atoms with Gasteiger partial charge in [0.05, 0.1) is 0 Å². The Bertz CT molecular complexity index is 521. The first-order valence-electron chi connectivity index (χ1n) is 6.29. The van der Waals surface area contributed by atoms with Crippen molar-refractivity contribution in [1.29, 1.82) is 0 Å². The number of hydrogen-bond acceptors (Lipinski definition) is 3. The fourth-order valence-corrected chi connectivity index (χ4v) is 3.48. The molecule has 2 unspecified atom stereocenters. The minimum Gasteiger partial charge on any atom is -0.322 e. The molecule has 2 atom stereocenters. The third kappa shape index (κ3) is 2.09. The molecule has 0 radical (unpaired) electrons. The molecule has 0 amide bonds. The van der Waals surface area contributed by atoms with Crippen molar-refractivity contribution >= 4 is 12.2 Å². The molecule has 3 heterocycles. The van der Waals surface area contributed by atoms with Gasteiger partial charge in [-0.3, -0.25) is 9.78 Å². The Balaban J connectivity index is 1.85. The maximum absolute atomic E-state index is 11.2. The third-order valence-corrected chi connectivity index (χ3v) is 4.35. The molecule has 0 aliphatic carbocycles. The quantitative estimate of drug-likeness (QED) is 0.772. The summed E-state index contributed by atoms with van der Waals surface area (Å²) < 4.78 is 2.63. The summed E-state index contributed by atoms with van der Waals surface area (Å²) in [5.41, 5.74) is -0.107. The summed E-state index contributed by atoms with van der Waals surface area (Å²) in [6.07, 6.45) is 6.79. The van der Waals surface area contributed by atoms with Gasteiger partial charge in [0.1, 0.15) is 0 Å². The van der Waals surface area contributed by atoms with Crippen molar-refractivity contribution in [2.24, 2.45) is 0 Å². The summed E-state index contributed by atoms with van der Waals surface area (Å²) >= 11 is 5.23. The van der Waals surface area contributed by atoms with Crippen LogP contribution >= 0.6 is 12.2 Å². The van der Waals surface area contributed by atoms with Crippen LogP contribution in [-0.4, -0.2) is 33.6 Å². The summed E-state index contributed by atoms with van der Waals surface area (Å²) in [5.74, 6) is 0. The number of nitrogens with one attached hydrogen (secondary N) is 1. The smallest absolute Gasteiger partial charge is 0.251 e. The summed E-state index contributed by atoms with van der Waals surface area (Å²) in [6, 6.07) is 2.75. The standard InChI is InChI=1S/C12H17N3OS/c16-11-4-7-15(12(17)13-11)10-3-6-14-5-1-2-9(14)8-10/h4,7,9-10H,1-3,5-6,8H2,(H,13,16,17). The lowest BCUT2D eigenvalue weighted by Crippen LogP contribution is -2.39. The van der Waals surface area contributed by atoms with Gasteiger partial charge in [-0.1, -0.05) is 0 Å². The summed E-state index contributed by atoms with van der Waals surface area (Å²) in [5, 5.41) is 0. The van der Waals surface area contributed by atoms with Crippen molar-refractivity contribution in [1.82, 2.24) is 14.5 Å². The summed E-state index contributed by atoms with van der Waals surface area (Å²) in [7, 11) is 0. The fraction of sp³-hybridized carbons (Fsp3) is 0.667. The maximum Gasteiger partial charge on any atom is 0.251 e. The molecule has 2 aliphatic heterocycles. The van der Waals surface area contributed by atoms with E-state index in [0.717, 1.165) is 19.0 Å². The lowest BCUT2D eigenvalue weighted by molar-refractivity contribution is 0.154. The molecule has 2 aliphatic rings. The van der Waals surface area contributed by atoms with E-state index in [9.17, 15) is 4.79 Å². The van der Waals surface area contributed by atoms with E-state index in [1.165, 1.54) is 25.8 Å². The molecule has 2 saturated heterocycles. The number of aromatic nitrogens is 2. The van der Waals surface area contributed by atoms with Gasteiger partial charge in [-0.25, -0.2) is 0 Å². The van der Waals surface area contributed by atoms with E-state index in [0.29, 0.717) is 10.8 Å². The average Bonchev–Trinajstić information content (AvgIpc) is 2.75. The molecule has 0 aromatic carbocycles. The van der Waals surface area contributed by atoms with E-state index in [4.69, 9.17) is 12.2 Å². The maximum atomic E-state index is 11.2. The predicted molar refractivity (Wildman–Crippen MR) is 68.8 cm³/mol. The van der Waals surface area contributed by atoms with Gasteiger partial charge in [0, 0.05) is 30.9 Å². The number of hydrogen-bond donors (Lipinski definition) is 1. The molecule has 92 valence electrons. The molecule has 0 spiro atoms. The molecule has 0 bridgehead atoms. The van der Waals surface area contributed by atoms with Crippen LogP contribution in [0, 0.1) is 4.77 Å². The molecule has 3 rings (SSSR count). The van der Waals surface area contributed by atoms with Gasteiger partial charge in [0.25, 0.3) is 5.56 Å². The van der Waals surface area contributed by atoms with Gasteiger partial charge in [-0.05, 0) is 44.4 Å². The topological polar surface area (TPSA) is 41.0 Å². The molecule has 2 fully saturated rings. The van der Waals surface area contributed by atoms with Gasteiger partial charge < -0.3 is 9.47 Å². The highest BCUT2D eigenvalue weighted by atomic mass is 32.1. The molecule has 1 aromatic rings. The average molecular weight is 251 g/mol. The lowest BCUT2D eigenvalue weighted by atomic mass is 9.97. The second kappa shape index (κ2) is 4.38. The van der Waals surface area contributed by atoms with Crippen molar-refractivity contribution in [2.75, 3.05) is 13.1 Å². The van der Waals surface area contributed by atoms with E-state index in [1.54, 1.807) is 6.07 Å². The summed E-state index contributed by atoms with van der Waals surface area (Å²) in [4.78, 5) is 16.5. The Hall–Kier alpha value is -0.940. The highest BCUT2D eigenvalue weighted by molar-refractivity contribution is 7.71.